The highest BCUT2D eigenvalue weighted by molar-refractivity contribution is 8.76. The molecule has 0 unspecified atom stereocenters. The predicted molar refractivity (Wildman–Crippen MR) is 113 cm³/mol. The van der Waals surface area contributed by atoms with E-state index in [0.717, 1.165) is 15.4 Å². The third-order valence-electron chi connectivity index (χ3n) is 3.25. The first-order valence-electron chi connectivity index (χ1n) is 7.89. The van der Waals surface area contributed by atoms with E-state index in [2.05, 4.69) is 12.6 Å². The average molecular weight is 431 g/mol. The van der Waals surface area contributed by atoms with Crippen LogP contribution in [0.25, 0.3) is 0 Å². The number of ether oxygens (including phenoxy) is 2. The number of thiol groups is 1. The Morgan fingerprint density at radius 3 is 2.46 bits per heavy atom. The summed E-state index contributed by atoms with van der Waals surface area (Å²) in [5.41, 5.74) is 0.745. The summed E-state index contributed by atoms with van der Waals surface area (Å²) in [5.74, 6) is 1.77. The summed E-state index contributed by atoms with van der Waals surface area (Å²) >= 11 is 4.34. The summed E-state index contributed by atoms with van der Waals surface area (Å²) in [4.78, 5) is 2.15. The van der Waals surface area contributed by atoms with E-state index in [-0.39, 0.29) is 6.10 Å². The fourth-order valence-electron chi connectivity index (χ4n) is 2.23. The van der Waals surface area contributed by atoms with Gasteiger partial charge in [0.1, 0.15) is 5.94 Å². The van der Waals surface area contributed by atoms with Crippen LogP contribution in [0.15, 0.2) is 51.1 Å². The zero-order chi connectivity index (χ0) is 19.3. The van der Waals surface area contributed by atoms with E-state index in [1.807, 2.05) is 44.2 Å². The van der Waals surface area contributed by atoms with Gasteiger partial charge in [0.15, 0.2) is 21.3 Å². The molecule has 0 aliphatic rings. The van der Waals surface area contributed by atoms with Crippen molar-refractivity contribution in [2.75, 3.05) is 12.2 Å². The molecule has 0 aliphatic carbocycles. The monoisotopic (exact) mass is 430 g/mol. The molecule has 142 valence electrons. The highest BCUT2D eigenvalue weighted by Crippen LogP contribution is 2.36. The molecule has 0 aromatic heterocycles. The Labute approximate surface area is 168 Å². The highest BCUT2D eigenvalue weighted by Gasteiger charge is 2.12. The lowest BCUT2D eigenvalue weighted by Gasteiger charge is -2.15. The molecule has 2 aromatic carbocycles. The second kappa shape index (κ2) is 9.30. The van der Waals surface area contributed by atoms with Gasteiger partial charge in [0.2, 0.25) is 0 Å². The first-order chi connectivity index (χ1) is 12.2. The molecule has 2 rings (SSSR count). The minimum absolute atomic E-state index is 0.0569. The van der Waals surface area contributed by atoms with Gasteiger partial charge in [0.05, 0.1) is 11.0 Å². The van der Waals surface area contributed by atoms with Gasteiger partial charge in [0.25, 0.3) is 0 Å². The molecule has 0 fully saturated rings. The highest BCUT2D eigenvalue weighted by atomic mass is 33.1. The van der Waals surface area contributed by atoms with Crippen LogP contribution in [0.1, 0.15) is 19.4 Å². The van der Waals surface area contributed by atoms with Crippen molar-refractivity contribution >= 4 is 44.1 Å². The van der Waals surface area contributed by atoms with Crippen molar-refractivity contribution in [3.8, 4) is 11.5 Å². The van der Waals surface area contributed by atoms with Crippen LogP contribution < -0.4 is 9.47 Å². The topological polar surface area (TPSA) is 52.6 Å². The van der Waals surface area contributed by atoms with E-state index in [1.165, 1.54) is 27.8 Å². The maximum Gasteiger partial charge on any atom is 0.175 e. The molecule has 8 heteroatoms. The lowest BCUT2D eigenvalue weighted by molar-refractivity contribution is 0.228. The maximum atomic E-state index is 11.7. The van der Waals surface area contributed by atoms with E-state index >= 15 is 0 Å². The van der Waals surface area contributed by atoms with Gasteiger partial charge in [-0.15, -0.1) is 12.6 Å². The van der Waals surface area contributed by atoms with Gasteiger partial charge in [-0.05, 0) is 73.5 Å². The molecule has 0 aliphatic heterocycles. The van der Waals surface area contributed by atoms with Gasteiger partial charge >= 0.3 is 0 Å². The third kappa shape index (κ3) is 6.33. The largest absolute Gasteiger partial charge is 0.487 e. The molecule has 0 bridgehead atoms. The number of rotatable bonds is 8. The SMILES string of the molecule is Cc1cc(SSCOc2cc(S)ccc2OC(C)C)ccc1S(C)(=O)=O. The number of hydrogen-bond donors (Lipinski definition) is 1. The lowest BCUT2D eigenvalue weighted by atomic mass is 10.2. The van der Waals surface area contributed by atoms with Crippen molar-refractivity contribution in [1.82, 2.24) is 0 Å². The van der Waals surface area contributed by atoms with Crippen molar-refractivity contribution in [2.45, 2.75) is 41.6 Å². The van der Waals surface area contributed by atoms with Crippen molar-refractivity contribution < 1.29 is 17.9 Å². The minimum Gasteiger partial charge on any atom is -0.487 e. The van der Waals surface area contributed by atoms with Crippen LogP contribution in [0.2, 0.25) is 0 Å². The Hall–Kier alpha value is -0.960. The average Bonchev–Trinajstić information content (AvgIpc) is 2.52. The van der Waals surface area contributed by atoms with Crippen LogP contribution in [-0.2, 0) is 9.84 Å². The Bertz CT molecular complexity index is 863. The molecule has 0 saturated carbocycles. The second-order valence-electron chi connectivity index (χ2n) is 5.96. The van der Waals surface area contributed by atoms with E-state index < -0.39 is 9.84 Å². The Morgan fingerprint density at radius 1 is 1.12 bits per heavy atom. The molecule has 0 spiro atoms. The van der Waals surface area contributed by atoms with Crippen LogP contribution in [0.5, 0.6) is 11.5 Å². The molecule has 0 radical (unpaired) electrons. The minimum atomic E-state index is -3.19. The molecule has 0 atom stereocenters. The van der Waals surface area contributed by atoms with Gasteiger partial charge < -0.3 is 9.47 Å². The third-order valence-corrected chi connectivity index (χ3v) is 6.79. The Kier molecular flexibility index (Phi) is 7.63. The van der Waals surface area contributed by atoms with Gasteiger partial charge in [-0.2, -0.15) is 0 Å². The van der Waals surface area contributed by atoms with Crippen LogP contribution >= 0.6 is 34.2 Å². The Morgan fingerprint density at radius 2 is 1.85 bits per heavy atom. The van der Waals surface area contributed by atoms with Crippen molar-refractivity contribution in [1.29, 1.82) is 0 Å². The molecule has 4 nitrogen and oxygen atoms in total. The normalized spacial score (nSPS) is 11.6. The number of hydrogen-bond acceptors (Lipinski definition) is 7. The number of sulfone groups is 1. The van der Waals surface area contributed by atoms with Crippen molar-refractivity contribution in [3.05, 3.63) is 42.0 Å². The van der Waals surface area contributed by atoms with Crippen molar-refractivity contribution in [2.24, 2.45) is 0 Å². The maximum absolute atomic E-state index is 11.7. The summed E-state index contributed by atoms with van der Waals surface area (Å²) in [6.45, 7) is 5.73. The van der Waals surface area contributed by atoms with Gasteiger partial charge in [0, 0.05) is 16.0 Å². The summed E-state index contributed by atoms with van der Waals surface area (Å²) < 4.78 is 34.9. The lowest BCUT2D eigenvalue weighted by Crippen LogP contribution is -2.07. The summed E-state index contributed by atoms with van der Waals surface area (Å²) in [7, 11) is -0.137. The zero-order valence-corrected chi connectivity index (χ0v) is 18.4. The summed E-state index contributed by atoms with van der Waals surface area (Å²) in [6.07, 6.45) is 1.28. The molecule has 0 N–H and O–H groups in total. The van der Waals surface area contributed by atoms with E-state index in [0.29, 0.717) is 22.3 Å². The van der Waals surface area contributed by atoms with Crippen LogP contribution in [-0.4, -0.2) is 26.7 Å². The predicted octanol–water partition coefficient (Wildman–Crippen LogP) is 5.25. The molecule has 26 heavy (non-hydrogen) atoms. The summed E-state index contributed by atoms with van der Waals surface area (Å²) in [6, 6.07) is 10.9. The number of benzene rings is 2. The standard InChI is InChI=1S/C18H22O4S4/c1-12(2)22-16-7-5-14(23)10-17(16)21-11-24-25-15-6-8-18(13(3)9-15)26(4,19)20/h5-10,12,23H,11H2,1-4H3. The van der Waals surface area contributed by atoms with E-state index in [4.69, 9.17) is 9.47 Å². The van der Waals surface area contributed by atoms with Crippen LogP contribution in [0.4, 0.5) is 0 Å². The first kappa shape index (κ1) is 21.3. The molecule has 0 saturated heterocycles. The van der Waals surface area contributed by atoms with Crippen LogP contribution in [0, 0.1) is 6.92 Å². The molecular weight excluding hydrogens is 408 g/mol. The van der Waals surface area contributed by atoms with Gasteiger partial charge in [-0.3, -0.25) is 0 Å². The second-order valence-corrected chi connectivity index (χ2v) is 10.8. The Balaban J connectivity index is 1.95. The zero-order valence-electron chi connectivity index (χ0n) is 15.1. The first-order valence-corrected chi connectivity index (χ1v) is 12.5. The van der Waals surface area contributed by atoms with E-state index in [1.54, 1.807) is 13.0 Å². The number of aryl methyl sites for hydroxylation is 1. The molecule has 0 heterocycles. The van der Waals surface area contributed by atoms with E-state index in [9.17, 15) is 8.42 Å². The van der Waals surface area contributed by atoms with Gasteiger partial charge in [-0.1, -0.05) is 10.8 Å². The van der Waals surface area contributed by atoms with Crippen molar-refractivity contribution in [3.63, 3.8) is 0 Å². The quantitative estimate of drug-likeness (QED) is 0.267. The fraction of sp³-hybridized carbons (Fsp3) is 0.333. The molecular formula is C18H22O4S4. The smallest absolute Gasteiger partial charge is 0.175 e. The van der Waals surface area contributed by atoms with Crippen LogP contribution in [0.3, 0.4) is 0 Å². The summed E-state index contributed by atoms with van der Waals surface area (Å²) in [5, 5.41) is 0. The molecule has 0 amide bonds. The molecule has 2 aromatic rings. The fourth-order valence-corrected chi connectivity index (χ4v) is 5.10. The van der Waals surface area contributed by atoms with Gasteiger partial charge in [-0.25, -0.2) is 8.42 Å².